The minimum atomic E-state index is 0.181. The van der Waals surface area contributed by atoms with Crippen molar-refractivity contribution in [3.05, 3.63) is 34.9 Å². The van der Waals surface area contributed by atoms with Crippen molar-refractivity contribution in [1.82, 2.24) is 10.2 Å². The van der Waals surface area contributed by atoms with Crippen LogP contribution >= 0.6 is 11.6 Å². The summed E-state index contributed by atoms with van der Waals surface area (Å²) in [6.07, 6.45) is 0.438. The average molecular weight is 253 g/mol. The maximum Gasteiger partial charge on any atom is 0.227 e. The monoisotopic (exact) mass is 252 g/mol. The zero-order valence-electron chi connectivity index (χ0n) is 9.95. The Balaban J connectivity index is 1.96. The number of hydrogen-bond donors (Lipinski definition) is 1. The lowest BCUT2D eigenvalue weighted by molar-refractivity contribution is -0.131. The number of halogens is 1. The summed E-state index contributed by atoms with van der Waals surface area (Å²) in [6, 6.07) is 7.88. The SMILES string of the molecule is CC1CN(C(=O)Cc2cccc(Cl)c2)CCN1. The third-order valence-electron chi connectivity index (χ3n) is 2.97. The van der Waals surface area contributed by atoms with Crippen LogP contribution < -0.4 is 5.32 Å². The highest BCUT2D eigenvalue weighted by Crippen LogP contribution is 2.12. The lowest BCUT2D eigenvalue weighted by atomic mass is 10.1. The molecule has 1 aromatic carbocycles. The predicted octanol–water partition coefficient (Wildman–Crippen LogP) is 1.70. The fourth-order valence-corrected chi connectivity index (χ4v) is 2.31. The van der Waals surface area contributed by atoms with Gasteiger partial charge in [-0.2, -0.15) is 0 Å². The van der Waals surface area contributed by atoms with E-state index in [1.807, 2.05) is 29.2 Å². The van der Waals surface area contributed by atoms with E-state index >= 15 is 0 Å². The molecular weight excluding hydrogens is 236 g/mol. The molecule has 0 spiro atoms. The molecule has 1 saturated heterocycles. The normalized spacial score (nSPS) is 20.4. The van der Waals surface area contributed by atoms with E-state index < -0.39 is 0 Å². The van der Waals surface area contributed by atoms with Gasteiger partial charge >= 0.3 is 0 Å². The highest BCUT2D eigenvalue weighted by atomic mass is 35.5. The molecule has 0 bridgehead atoms. The van der Waals surface area contributed by atoms with Gasteiger partial charge in [-0.05, 0) is 24.6 Å². The number of piperazine rings is 1. The van der Waals surface area contributed by atoms with Crippen molar-refractivity contribution in [1.29, 1.82) is 0 Å². The Kier molecular flexibility index (Phi) is 4.02. The molecule has 1 heterocycles. The maximum atomic E-state index is 12.1. The number of nitrogens with zero attached hydrogens (tertiary/aromatic N) is 1. The van der Waals surface area contributed by atoms with Gasteiger partial charge in [0.25, 0.3) is 0 Å². The van der Waals surface area contributed by atoms with E-state index in [4.69, 9.17) is 11.6 Å². The summed E-state index contributed by atoms with van der Waals surface area (Å²) in [4.78, 5) is 14.0. The van der Waals surface area contributed by atoms with Gasteiger partial charge in [0.2, 0.25) is 5.91 Å². The average Bonchev–Trinajstić information content (AvgIpc) is 2.29. The second-order valence-electron chi connectivity index (χ2n) is 4.50. The number of benzene rings is 1. The fourth-order valence-electron chi connectivity index (χ4n) is 2.09. The van der Waals surface area contributed by atoms with Crippen LogP contribution in [0.25, 0.3) is 0 Å². The lowest BCUT2D eigenvalue weighted by Crippen LogP contribution is -2.51. The zero-order chi connectivity index (χ0) is 12.3. The van der Waals surface area contributed by atoms with Crippen LogP contribution in [0.15, 0.2) is 24.3 Å². The smallest absolute Gasteiger partial charge is 0.227 e. The van der Waals surface area contributed by atoms with E-state index in [-0.39, 0.29) is 5.91 Å². The highest BCUT2D eigenvalue weighted by molar-refractivity contribution is 6.30. The first kappa shape index (κ1) is 12.4. The van der Waals surface area contributed by atoms with Gasteiger partial charge in [-0.1, -0.05) is 23.7 Å². The summed E-state index contributed by atoms with van der Waals surface area (Å²) in [5.41, 5.74) is 0.980. The Hall–Kier alpha value is -1.06. The van der Waals surface area contributed by atoms with Crippen LogP contribution in [0.2, 0.25) is 5.02 Å². The van der Waals surface area contributed by atoms with Crippen LogP contribution in [-0.2, 0) is 11.2 Å². The fraction of sp³-hybridized carbons (Fsp3) is 0.462. The lowest BCUT2D eigenvalue weighted by Gasteiger charge is -2.32. The summed E-state index contributed by atoms with van der Waals surface area (Å²) < 4.78 is 0. The molecule has 1 amide bonds. The first-order chi connectivity index (χ1) is 8.15. The van der Waals surface area contributed by atoms with Crippen LogP contribution in [0.1, 0.15) is 12.5 Å². The Bertz CT molecular complexity index is 408. The predicted molar refractivity (Wildman–Crippen MR) is 69.2 cm³/mol. The van der Waals surface area contributed by atoms with Crippen molar-refractivity contribution < 1.29 is 4.79 Å². The minimum Gasteiger partial charge on any atom is -0.340 e. The number of carbonyl (C=O) groups is 1. The Morgan fingerprint density at radius 3 is 3.12 bits per heavy atom. The standard InChI is InChI=1S/C13H17ClN2O/c1-10-9-16(6-5-15-10)13(17)8-11-3-2-4-12(14)7-11/h2-4,7,10,15H,5-6,8-9H2,1H3. The van der Waals surface area contributed by atoms with Gasteiger partial charge in [-0.15, -0.1) is 0 Å². The quantitative estimate of drug-likeness (QED) is 0.869. The van der Waals surface area contributed by atoms with Gasteiger partial charge in [0.15, 0.2) is 0 Å². The van der Waals surface area contributed by atoms with Crippen LogP contribution in [0.3, 0.4) is 0 Å². The van der Waals surface area contributed by atoms with Crippen molar-refractivity contribution in [2.45, 2.75) is 19.4 Å². The number of carbonyl (C=O) groups excluding carboxylic acids is 1. The molecule has 0 radical (unpaired) electrons. The summed E-state index contributed by atoms with van der Waals surface area (Å²) in [5.74, 6) is 0.181. The summed E-state index contributed by atoms with van der Waals surface area (Å²) in [7, 11) is 0. The molecule has 1 aromatic rings. The van der Waals surface area contributed by atoms with Gasteiger partial charge in [-0.25, -0.2) is 0 Å². The van der Waals surface area contributed by atoms with Crippen molar-refractivity contribution in [2.75, 3.05) is 19.6 Å². The van der Waals surface area contributed by atoms with Gasteiger partial charge in [0.1, 0.15) is 0 Å². The Morgan fingerprint density at radius 1 is 1.59 bits per heavy atom. The first-order valence-electron chi connectivity index (χ1n) is 5.91. The van der Waals surface area contributed by atoms with Crippen molar-refractivity contribution in [3.63, 3.8) is 0 Å². The van der Waals surface area contributed by atoms with E-state index in [0.29, 0.717) is 17.5 Å². The molecule has 1 fully saturated rings. The van der Waals surface area contributed by atoms with Crippen LogP contribution in [0, 0.1) is 0 Å². The summed E-state index contributed by atoms with van der Waals surface area (Å²) >= 11 is 5.90. The summed E-state index contributed by atoms with van der Waals surface area (Å²) in [5, 5.41) is 4.01. The van der Waals surface area contributed by atoms with E-state index in [9.17, 15) is 4.79 Å². The van der Waals surface area contributed by atoms with Gasteiger partial charge in [0.05, 0.1) is 6.42 Å². The molecule has 0 aromatic heterocycles. The largest absolute Gasteiger partial charge is 0.340 e. The molecule has 3 nitrogen and oxygen atoms in total. The molecule has 17 heavy (non-hydrogen) atoms. The zero-order valence-corrected chi connectivity index (χ0v) is 10.7. The molecule has 1 N–H and O–H groups in total. The molecule has 1 aliphatic rings. The number of hydrogen-bond acceptors (Lipinski definition) is 2. The molecular formula is C13H17ClN2O. The van der Waals surface area contributed by atoms with Crippen molar-refractivity contribution >= 4 is 17.5 Å². The number of amides is 1. The topological polar surface area (TPSA) is 32.3 Å². The van der Waals surface area contributed by atoms with Crippen LogP contribution in [0.4, 0.5) is 0 Å². The number of rotatable bonds is 2. The van der Waals surface area contributed by atoms with Crippen molar-refractivity contribution in [2.24, 2.45) is 0 Å². The van der Waals surface area contributed by atoms with Gasteiger partial charge < -0.3 is 10.2 Å². The molecule has 4 heteroatoms. The first-order valence-corrected chi connectivity index (χ1v) is 6.28. The Labute approximate surface area is 107 Å². The third kappa shape index (κ3) is 3.45. The van der Waals surface area contributed by atoms with E-state index in [0.717, 1.165) is 25.2 Å². The van der Waals surface area contributed by atoms with Crippen LogP contribution in [0.5, 0.6) is 0 Å². The van der Waals surface area contributed by atoms with Gasteiger partial charge in [0, 0.05) is 30.7 Å². The molecule has 1 atom stereocenters. The summed E-state index contributed by atoms with van der Waals surface area (Å²) in [6.45, 7) is 4.56. The van der Waals surface area contributed by atoms with E-state index in [2.05, 4.69) is 12.2 Å². The van der Waals surface area contributed by atoms with Crippen molar-refractivity contribution in [3.8, 4) is 0 Å². The van der Waals surface area contributed by atoms with E-state index in [1.54, 1.807) is 0 Å². The molecule has 92 valence electrons. The molecule has 1 unspecified atom stereocenters. The molecule has 1 aliphatic heterocycles. The number of nitrogens with one attached hydrogen (secondary N) is 1. The minimum absolute atomic E-state index is 0.181. The Morgan fingerprint density at radius 2 is 2.41 bits per heavy atom. The van der Waals surface area contributed by atoms with Gasteiger partial charge in [-0.3, -0.25) is 4.79 Å². The molecule has 0 saturated carbocycles. The van der Waals surface area contributed by atoms with Crippen LogP contribution in [-0.4, -0.2) is 36.5 Å². The third-order valence-corrected chi connectivity index (χ3v) is 3.20. The second kappa shape index (κ2) is 5.52. The maximum absolute atomic E-state index is 12.1. The molecule has 0 aliphatic carbocycles. The van der Waals surface area contributed by atoms with E-state index in [1.165, 1.54) is 0 Å². The molecule has 2 rings (SSSR count). The highest BCUT2D eigenvalue weighted by Gasteiger charge is 2.20. The second-order valence-corrected chi connectivity index (χ2v) is 4.94.